The maximum Gasteiger partial charge on any atom is 0.210 e. The lowest BCUT2D eigenvalue weighted by Gasteiger charge is -2.23. The summed E-state index contributed by atoms with van der Waals surface area (Å²) in [7, 11) is 0. The molecule has 0 spiro atoms. The van der Waals surface area contributed by atoms with Gasteiger partial charge in [-0.3, -0.25) is 0 Å². The number of nitrogens with two attached hydrogens (primary N) is 1. The van der Waals surface area contributed by atoms with E-state index in [1.807, 2.05) is 6.08 Å². The van der Waals surface area contributed by atoms with Crippen molar-refractivity contribution in [3.05, 3.63) is 12.2 Å². The molecule has 3 nitrogen and oxygen atoms in total. The van der Waals surface area contributed by atoms with E-state index >= 15 is 0 Å². The van der Waals surface area contributed by atoms with Crippen molar-refractivity contribution in [3.8, 4) is 0 Å². The van der Waals surface area contributed by atoms with Crippen LogP contribution in [0.2, 0.25) is 0 Å². The smallest absolute Gasteiger partial charge is 0.210 e. The Hall–Kier alpha value is -0.830. The SMILES string of the molecule is CCC(CC)OC1=NC(N)C(CC)C=C1. The summed E-state index contributed by atoms with van der Waals surface area (Å²) in [6, 6.07) is 0. The molecule has 86 valence electrons. The minimum Gasteiger partial charge on any atom is -0.475 e. The summed E-state index contributed by atoms with van der Waals surface area (Å²) >= 11 is 0. The first kappa shape index (κ1) is 12.2. The van der Waals surface area contributed by atoms with Gasteiger partial charge in [0.2, 0.25) is 5.90 Å². The highest BCUT2D eigenvalue weighted by molar-refractivity contribution is 5.88. The van der Waals surface area contributed by atoms with Gasteiger partial charge >= 0.3 is 0 Å². The van der Waals surface area contributed by atoms with Crippen molar-refractivity contribution in [2.24, 2.45) is 16.6 Å². The van der Waals surface area contributed by atoms with E-state index in [-0.39, 0.29) is 12.3 Å². The van der Waals surface area contributed by atoms with Gasteiger partial charge in [0.05, 0.1) is 6.10 Å². The molecule has 1 rings (SSSR count). The second kappa shape index (κ2) is 5.91. The molecule has 15 heavy (non-hydrogen) atoms. The Bertz CT molecular complexity index is 244. The maximum atomic E-state index is 5.92. The lowest BCUT2D eigenvalue weighted by atomic mass is 10.0. The van der Waals surface area contributed by atoms with E-state index in [0.29, 0.717) is 11.8 Å². The first-order valence-electron chi connectivity index (χ1n) is 5.89. The van der Waals surface area contributed by atoms with Crippen molar-refractivity contribution in [2.45, 2.75) is 52.3 Å². The average Bonchev–Trinajstić information content (AvgIpc) is 2.26. The Morgan fingerprint density at radius 3 is 2.53 bits per heavy atom. The van der Waals surface area contributed by atoms with Crippen molar-refractivity contribution < 1.29 is 4.74 Å². The molecular formula is C12H22N2O. The van der Waals surface area contributed by atoms with Crippen LogP contribution in [0.1, 0.15) is 40.0 Å². The lowest BCUT2D eigenvalue weighted by Crippen LogP contribution is -2.31. The fourth-order valence-corrected chi connectivity index (χ4v) is 1.68. The predicted molar refractivity (Wildman–Crippen MR) is 63.8 cm³/mol. The monoisotopic (exact) mass is 210 g/mol. The predicted octanol–water partition coefficient (Wildman–Crippen LogP) is 2.47. The fourth-order valence-electron chi connectivity index (χ4n) is 1.68. The third-order valence-electron chi connectivity index (χ3n) is 2.87. The summed E-state index contributed by atoms with van der Waals surface area (Å²) in [6.07, 6.45) is 7.24. The number of nitrogens with zero attached hydrogens (tertiary/aromatic N) is 1. The van der Waals surface area contributed by atoms with Gasteiger partial charge in [-0.15, -0.1) is 0 Å². The van der Waals surface area contributed by atoms with Gasteiger partial charge in [0.25, 0.3) is 0 Å². The molecule has 0 saturated heterocycles. The Morgan fingerprint density at radius 1 is 1.40 bits per heavy atom. The van der Waals surface area contributed by atoms with Crippen LogP contribution in [-0.2, 0) is 4.74 Å². The molecule has 0 aromatic carbocycles. The van der Waals surface area contributed by atoms with E-state index in [1.54, 1.807) is 0 Å². The van der Waals surface area contributed by atoms with Crippen molar-refractivity contribution >= 4 is 5.90 Å². The zero-order chi connectivity index (χ0) is 11.3. The molecule has 0 aliphatic carbocycles. The Labute approximate surface area is 92.4 Å². The van der Waals surface area contributed by atoms with Crippen LogP contribution < -0.4 is 5.73 Å². The van der Waals surface area contributed by atoms with Gasteiger partial charge in [-0.05, 0) is 25.3 Å². The summed E-state index contributed by atoms with van der Waals surface area (Å²) in [4.78, 5) is 4.36. The second-order valence-electron chi connectivity index (χ2n) is 3.95. The maximum absolute atomic E-state index is 5.92. The molecular weight excluding hydrogens is 188 g/mol. The van der Waals surface area contributed by atoms with E-state index in [2.05, 4.69) is 31.8 Å². The Kier molecular flexibility index (Phi) is 4.82. The highest BCUT2D eigenvalue weighted by Gasteiger charge is 2.18. The molecule has 0 bridgehead atoms. The largest absolute Gasteiger partial charge is 0.475 e. The van der Waals surface area contributed by atoms with Gasteiger partial charge in [-0.1, -0.05) is 26.8 Å². The summed E-state index contributed by atoms with van der Waals surface area (Å²) < 4.78 is 5.74. The third kappa shape index (κ3) is 3.34. The van der Waals surface area contributed by atoms with Crippen LogP contribution in [0.15, 0.2) is 17.1 Å². The minimum absolute atomic E-state index is 0.135. The highest BCUT2D eigenvalue weighted by Crippen LogP contribution is 2.16. The topological polar surface area (TPSA) is 47.6 Å². The molecule has 0 amide bonds. The average molecular weight is 210 g/mol. The normalized spacial score (nSPS) is 25.5. The van der Waals surface area contributed by atoms with Gasteiger partial charge in [-0.2, -0.15) is 0 Å². The van der Waals surface area contributed by atoms with Crippen LogP contribution in [0.25, 0.3) is 0 Å². The van der Waals surface area contributed by atoms with Crippen LogP contribution in [0.3, 0.4) is 0 Å². The number of hydrogen-bond donors (Lipinski definition) is 1. The zero-order valence-corrected chi connectivity index (χ0v) is 9.94. The van der Waals surface area contributed by atoms with Crippen LogP contribution in [-0.4, -0.2) is 18.2 Å². The quantitative estimate of drug-likeness (QED) is 0.775. The van der Waals surface area contributed by atoms with Gasteiger partial charge < -0.3 is 10.5 Å². The van der Waals surface area contributed by atoms with Gasteiger partial charge in [0.1, 0.15) is 6.17 Å². The molecule has 2 unspecified atom stereocenters. The Balaban J connectivity index is 2.55. The Morgan fingerprint density at radius 2 is 2.07 bits per heavy atom. The lowest BCUT2D eigenvalue weighted by molar-refractivity contribution is 0.178. The van der Waals surface area contributed by atoms with Crippen LogP contribution in [0.4, 0.5) is 0 Å². The van der Waals surface area contributed by atoms with Gasteiger partial charge in [0.15, 0.2) is 0 Å². The summed E-state index contributed by atoms with van der Waals surface area (Å²) in [5.74, 6) is 1.06. The highest BCUT2D eigenvalue weighted by atomic mass is 16.5. The van der Waals surface area contributed by atoms with Gasteiger partial charge in [-0.25, -0.2) is 4.99 Å². The number of ether oxygens (including phenoxy) is 1. The van der Waals surface area contributed by atoms with Crippen LogP contribution in [0.5, 0.6) is 0 Å². The van der Waals surface area contributed by atoms with Crippen molar-refractivity contribution in [3.63, 3.8) is 0 Å². The molecule has 1 aliphatic heterocycles. The van der Waals surface area contributed by atoms with Crippen molar-refractivity contribution in [1.82, 2.24) is 0 Å². The molecule has 0 fully saturated rings. The number of aliphatic imine (C=N–C) groups is 1. The minimum atomic E-state index is -0.135. The molecule has 1 aliphatic rings. The van der Waals surface area contributed by atoms with E-state index < -0.39 is 0 Å². The molecule has 2 N–H and O–H groups in total. The third-order valence-corrected chi connectivity index (χ3v) is 2.87. The molecule has 0 saturated carbocycles. The first-order valence-corrected chi connectivity index (χ1v) is 5.89. The summed E-state index contributed by atoms with van der Waals surface area (Å²) in [5, 5.41) is 0. The van der Waals surface area contributed by atoms with E-state index in [0.717, 1.165) is 19.3 Å². The first-order chi connectivity index (χ1) is 7.21. The van der Waals surface area contributed by atoms with Crippen molar-refractivity contribution in [1.29, 1.82) is 0 Å². The fraction of sp³-hybridized carbons (Fsp3) is 0.750. The van der Waals surface area contributed by atoms with E-state index in [1.165, 1.54) is 0 Å². The van der Waals surface area contributed by atoms with Crippen molar-refractivity contribution in [2.75, 3.05) is 0 Å². The summed E-state index contributed by atoms with van der Waals surface area (Å²) in [5.41, 5.74) is 5.92. The summed E-state index contributed by atoms with van der Waals surface area (Å²) in [6.45, 7) is 6.36. The molecule has 1 heterocycles. The number of dihydropyridines is 1. The van der Waals surface area contributed by atoms with E-state index in [4.69, 9.17) is 10.5 Å². The van der Waals surface area contributed by atoms with Gasteiger partial charge in [0, 0.05) is 5.92 Å². The van der Waals surface area contributed by atoms with Crippen LogP contribution in [0, 0.1) is 5.92 Å². The van der Waals surface area contributed by atoms with Crippen LogP contribution >= 0.6 is 0 Å². The molecule has 0 aromatic rings. The number of rotatable bonds is 4. The molecule has 2 atom stereocenters. The zero-order valence-electron chi connectivity index (χ0n) is 9.94. The van der Waals surface area contributed by atoms with E-state index in [9.17, 15) is 0 Å². The number of hydrogen-bond acceptors (Lipinski definition) is 3. The molecule has 3 heteroatoms. The molecule has 0 aromatic heterocycles. The standard InChI is InChI=1S/C12H22N2O/c1-4-9-7-8-11(14-12(9)13)15-10(5-2)6-3/h7-10,12H,4-6,13H2,1-3H3. The second-order valence-corrected chi connectivity index (χ2v) is 3.95. The molecule has 0 radical (unpaired) electrons.